The SMILES string of the molecule is COc1ccc2[nH]c(C)c(-c3cn(N)cn3)c2c1. The summed E-state index contributed by atoms with van der Waals surface area (Å²) in [6.45, 7) is 2.03. The van der Waals surface area contributed by atoms with Gasteiger partial charge >= 0.3 is 0 Å². The molecule has 0 aliphatic rings. The van der Waals surface area contributed by atoms with E-state index in [9.17, 15) is 0 Å². The molecule has 0 saturated heterocycles. The van der Waals surface area contributed by atoms with E-state index in [2.05, 4.69) is 9.97 Å². The normalized spacial score (nSPS) is 11.0. The van der Waals surface area contributed by atoms with Crippen molar-refractivity contribution in [2.24, 2.45) is 0 Å². The summed E-state index contributed by atoms with van der Waals surface area (Å²) < 4.78 is 6.72. The number of aromatic nitrogens is 3. The number of hydrogen-bond donors (Lipinski definition) is 2. The lowest BCUT2D eigenvalue weighted by atomic mass is 10.1. The van der Waals surface area contributed by atoms with Gasteiger partial charge in [0, 0.05) is 22.2 Å². The Kier molecular flexibility index (Phi) is 2.26. The van der Waals surface area contributed by atoms with E-state index in [1.807, 2.05) is 25.1 Å². The molecule has 0 fully saturated rings. The van der Waals surface area contributed by atoms with Gasteiger partial charge < -0.3 is 15.6 Å². The molecular formula is C13H14N4O. The van der Waals surface area contributed by atoms with E-state index in [0.29, 0.717) is 0 Å². The molecule has 3 N–H and O–H groups in total. The lowest BCUT2D eigenvalue weighted by molar-refractivity contribution is 0.415. The predicted octanol–water partition coefficient (Wildman–Crippen LogP) is 2.06. The Morgan fingerprint density at radius 1 is 1.39 bits per heavy atom. The summed E-state index contributed by atoms with van der Waals surface area (Å²) in [6, 6.07) is 5.94. The van der Waals surface area contributed by atoms with Crippen LogP contribution in [0.15, 0.2) is 30.7 Å². The van der Waals surface area contributed by atoms with E-state index in [1.54, 1.807) is 19.6 Å². The van der Waals surface area contributed by atoms with E-state index in [4.69, 9.17) is 10.6 Å². The van der Waals surface area contributed by atoms with E-state index >= 15 is 0 Å². The van der Waals surface area contributed by atoms with Gasteiger partial charge in [0.25, 0.3) is 0 Å². The van der Waals surface area contributed by atoms with Crippen LogP contribution in [0, 0.1) is 6.92 Å². The number of rotatable bonds is 2. The van der Waals surface area contributed by atoms with Gasteiger partial charge in [-0.05, 0) is 25.1 Å². The molecule has 18 heavy (non-hydrogen) atoms. The first-order chi connectivity index (χ1) is 8.69. The maximum atomic E-state index is 5.65. The molecular weight excluding hydrogens is 228 g/mol. The molecule has 0 aliphatic heterocycles. The van der Waals surface area contributed by atoms with Crippen molar-refractivity contribution in [3.8, 4) is 17.0 Å². The summed E-state index contributed by atoms with van der Waals surface area (Å²) in [4.78, 5) is 7.64. The van der Waals surface area contributed by atoms with Crippen LogP contribution in [0.2, 0.25) is 0 Å². The van der Waals surface area contributed by atoms with Crippen molar-refractivity contribution in [2.45, 2.75) is 6.92 Å². The number of H-pyrrole nitrogens is 1. The lowest BCUT2D eigenvalue weighted by Crippen LogP contribution is -2.02. The molecule has 1 aromatic carbocycles. The van der Waals surface area contributed by atoms with E-state index < -0.39 is 0 Å². The number of methoxy groups -OCH3 is 1. The molecule has 0 unspecified atom stereocenters. The van der Waals surface area contributed by atoms with Crippen LogP contribution in [0.1, 0.15) is 5.69 Å². The third kappa shape index (κ3) is 1.52. The molecule has 2 aromatic heterocycles. The summed E-state index contributed by atoms with van der Waals surface area (Å²) in [5.74, 6) is 6.48. The highest BCUT2D eigenvalue weighted by molar-refractivity contribution is 5.97. The van der Waals surface area contributed by atoms with Crippen LogP contribution in [0.25, 0.3) is 22.2 Å². The monoisotopic (exact) mass is 242 g/mol. The van der Waals surface area contributed by atoms with Crippen molar-refractivity contribution < 1.29 is 4.74 Å². The third-order valence-electron chi connectivity index (χ3n) is 3.05. The topological polar surface area (TPSA) is 68.9 Å². The first kappa shape index (κ1) is 10.7. The van der Waals surface area contributed by atoms with Crippen LogP contribution in [-0.4, -0.2) is 21.8 Å². The van der Waals surface area contributed by atoms with Crippen molar-refractivity contribution in [1.29, 1.82) is 0 Å². The number of benzene rings is 1. The number of fused-ring (bicyclic) bond motifs is 1. The van der Waals surface area contributed by atoms with Gasteiger partial charge in [-0.25, -0.2) is 4.98 Å². The molecule has 2 heterocycles. The fraction of sp³-hybridized carbons (Fsp3) is 0.154. The number of nitrogens with zero attached hydrogens (tertiary/aromatic N) is 2. The minimum Gasteiger partial charge on any atom is -0.497 e. The number of nitrogens with two attached hydrogens (primary N) is 1. The quantitative estimate of drug-likeness (QED) is 0.676. The minimum absolute atomic E-state index is 0.829. The largest absolute Gasteiger partial charge is 0.497 e. The molecule has 0 spiro atoms. The van der Waals surface area contributed by atoms with Crippen LogP contribution in [-0.2, 0) is 0 Å². The Hall–Kier alpha value is -2.43. The molecule has 0 bridgehead atoms. The first-order valence-corrected chi connectivity index (χ1v) is 5.65. The minimum atomic E-state index is 0.829. The van der Waals surface area contributed by atoms with Gasteiger partial charge in [-0.2, -0.15) is 0 Å². The molecule has 0 saturated carbocycles. The Morgan fingerprint density at radius 3 is 2.89 bits per heavy atom. The first-order valence-electron chi connectivity index (χ1n) is 5.65. The van der Waals surface area contributed by atoms with Gasteiger partial charge in [-0.1, -0.05) is 0 Å². The Labute approximate surface area is 104 Å². The Bertz CT molecular complexity index is 711. The van der Waals surface area contributed by atoms with Gasteiger partial charge in [0.05, 0.1) is 19.0 Å². The van der Waals surface area contributed by atoms with Gasteiger partial charge in [0.2, 0.25) is 0 Å². The van der Waals surface area contributed by atoms with Crippen LogP contribution in [0.5, 0.6) is 5.75 Å². The number of aryl methyl sites for hydroxylation is 1. The van der Waals surface area contributed by atoms with Crippen LogP contribution < -0.4 is 10.6 Å². The lowest BCUT2D eigenvalue weighted by Gasteiger charge is -2.00. The Balaban J connectivity index is 2.29. The highest BCUT2D eigenvalue weighted by Gasteiger charge is 2.13. The molecule has 0 atom stereocenters. The van der Waals surface area contributed by atoms with Gasteiger partial charge in [-0.15, -0.1) is 0 Å². The summed E-state index contributed by atoms with van der Waals surface area (Å²) in [5.41, 5.74) is 4.05. The van der Waals surface area contributed by atoms with Gasteiger partial charge in [0.1, 0.15) is 12.1 Å². The zero-order valence-electron chi connectivity index (χ0n) is 10.3. The number of hydrogen-bond acceptors (Lipinski definition) is 3. The molecule has 5 nitrogen and oxygen atoms in total. The average molecular weight is 242 g/mol. The number of imidazole rings is 1. The van der Waals surface area contributed by atoms with Crippen molar-refractivity contribution in [1.82, 2.24) is 14.6 Å². The summed E-state index contributed by atoms with van der Waals surface area (Å²) in [5, 5.41) is 1.09. The number of nitrogen functional groups attached to an aromatic ring is 1. The fourth-order valence-electron chi connectivity index (χ4n) is 2.23. The molecule has 0 radical (unpaired) electrons. The number of ether oxygens (including phenoxy) is 1. The number of nitrogens with one attached hydrogen (secondary N) is 1. The second kappa shape index (κ2) is 3.80. The third-order valence-corrected chi connectivity index (χ3v) is 3.05. The molecule has 92 valence electrons. The maximum Gasteiger partial charge on any atom is 0.119 e. The summed E-state index contributed by atoms with van der Waals surface area (Å²) in [6.07, 6.45) is 3.39. The van der Waals surface area contributed by atoms with E-state index in [-0.39, 0.29) is 0 Å². The molecule has 3 aromatic rings. The highest BCUT2D eigenvalue weighted by atomic mass is 16.5. The predicted molar refractivity (Wildman–Crippen MR) is 71.0 cm³/mol. The maximum absolute atomic E-state index is 5.65. The van der Waals surface area contributed by atoms with Crippen molar-refractivity contribution >= 4 is 10.9 Å². The van der Waals surface area contributed by atoms with E-state index in [1.165, 1.54) is 4.68 Å². The second-order valence-corrected chi connectivity index (χ2v) is 4.24. The van der Waals surface area contributed by atoms with Crippen molar-refractivity contribution in [3.63, 3.8) is 0 Å². The van der Waals surface area contributed by atoms with Crippen molar-refractivity contribution in [3.05, 3.63) is 36.4 Å². The molecule has 0 aliphatic carbocycles. The van der Waals surface area contributed by atoms with Gasteiger partial charge in [0.15, 0.2) is 0 Å². The van der Waals surface area contributed by atoms with Crippen LogP contribution in [0.3, 0.4) is 0 Å². The zero-order chi connectivity index (χ0) is 12.7. The number of aromatic amines is 1. The zero-order valence-corrected chi connectivity index (χ0v) is 10.3. The molecule has 0 amide bonds. The smallest absolute Gasteiger partial charge is 0.119 e. The van der Waals surface area contributed by atoms with Gasteiger partial charge in [-0.3, -0.25) is 4.68 Å². The van der Waals surface area contributed by atoms with Crippen molar-refractivity contribution in [2.75, 3.05) is 13.0 Å². The summed E-state index contributed by atoms with van der Waals surface area (Å²) in [7, 11) is 1.66. The highest BCUT2D eigenvalue weighted by Crippen LogP contribution is 2.32. The summed E-state index contributed by atoms with van der Waals surface area (Å²) >= 11 is 0. The molecule has 5 heteroatoms. The second-order valence-electron chi connectivity index (χ2n) is 4.24. The van der Waals surface area contributed by atoms with Crippen LogP contribution >= 0.6 is 0 Å². The van der Waals surface area contributed by atoms with E-state index in [0.717, 1.165) is 33.6 Å². The standard InChI is InChI=1S/C13H14N4O/c1-8-13(12-6-17(14)7-15-12)10-5-9(18-2)3-4-11(10)16-8/h3-7,16H,14H2,1-2H3. The fourth-order valence-corrected chi connectivity index (χ4v) is 2.23. The Morgan fingerprint density at radius 2 is 2.22 bits per heavy atom. The average Bonchev–Trinajstić information content (AvgIpc) is 2.90. The molecule has 3 rings (SSSR count). The van der Waals surface area contributed by atoms with Crippen LogP contribution in [0.4, 0.5) is 0 Å².